The first-order valence-corrected chi connectivity index (χ1v) is 15.1. The van der Waals surface area contributed by atoms with Crippen molar-refractivity contribution in [1.82, 2.24) is 13.9 Å². The third-order valence-corrected chi connectivity index (χ3v) is 18.1. The quantitative estimate of drug-likeness (QED) is 0.285. The molecule has 1 fully saturated rings. The monoisotopic (exact) mass is 408 g/mol. The van der Waals surface area contributed by atoms with Gasteiger partial charge in [0.2, 0.25) is 0 Å². The van der Waals surface area contributed by atoms with E-state index in [0.29, 0.717) is 0 Å². The zero-order valence-corrected chi connectivity index (χ0v) is 17.9. The molecule has 0 aromatic heterocycles. The van der Waals surface area contributed by atoms with Crippen LogP contribution < -0.4 is 45.7 Å². The molecular weight excluding hydrogens is 384 g/mol. The van der Waals surface area contributed by atoms with Crippen LogP contribution in [-0.4, -0.2) is 25.7 Å². The number of nitrogens with two attached hydrogens (primary N) is 3. The Morgan fingerprint density at radius 3 is 0.852 bits per heavy atom. The number of benzene rings is 3. The van der Waals surface area contributed by atoms with Crippen LogP contribution in [0.15, 0.2) is 91.0 Å². The minimum absolute atomic E-state index is 1.03. The highest BCUT2D eigenvalue weighted by molar-refractivity contribution is 7.14. The molecule has 0 aliphatic carbocycles. The van der Waals surface area contributed by atoms with Gasteiger partial charge in [-0.15, -0.1) is 0 Å². The predicted octanol–water partition coefficient (Wildman–Crippen LogP) is -1.82. The summed E-state index contributed by atoms with van der Waals surface area (Å²) >= 11 is 0. The largest absolute Gasteiger partial charge is 0.324 e. The highest BCUT2D eigenvalue weighted by Gasteiger charge is 2.56. The van der Waals surface area contributed by atoms with Crippen molar-refractivity contribution in [3.63, 3.8) is 0 Å². The average Bonchev–Trinajstić information content (AvgIpc) is 2.69. The van der Waals surface area contributed by atoms with Crippen molar-refractivity contribution < 1.29 is 0 Å². The number of hydrogen-bond donors (Lipinski definition) is 6. The molecule has 27 heavy (non-hydrogen) atoms. The zero-order valence-electron chi connectivity index (χ0n) is 14.9. The molecule has 4 rings (SSSR count). The van der Waals surface area contributed by atoms with Gasteiger partial charge in [-0.3, -0.25) is 0 Å². The summed E-state index contributed by atoms with van der Waals surface area (Å²) in [4.78, 5) is 0. The van der Waals surface area contributed by atoms with Crippen molar-refractivity contribution in [1.29, 1.82) is 0 Å². The van der Waals surface area contributed by atoms with Crippen LogP contribution in [0.4, 0.5) is 0 Å². The second kappa shape index (κ2) is 6.91. The minimum Gasteiger partial charge on any atom is -0.324 e. The summed E-state index contributed by atoms with van der Waals surface area (Å²) in [5, 5.41) is 24.1. The van der Waals surface area contributed by atoms with Gasteiger partial charge in [-0.1, -0.05) is 91.0 Å². The molecule has 0 unspecified atom stereocenters. The lowest BCUT2D eigenvalue weighted by Crippen LogP contribution is -3.06. The molecule has 1 heterocycles. The van der Waals surface area contributed by atoms with Crippen LogP contribution in [0.25, 0.3) is 0 Å². The second-order valence-corrected chi connectivity index (χ2v) is 16.5. The molecule has 0 amide bonds. The Morgan fingerprint density at radius 2 is 0.630 bits per heavy atom. The Hall–Kier alpha value is -1.93. The van der Waals surface area contributed by atoms with Gasteiger partial charge in [0.25, 0.3) is 0 Å². The molecule has 6 nitrogen and oxygen atoms in total. The van der Waals surface area contributed by atoms with Gasteiger partial charge in [-0.05, 0) is 15.6 Å². The molecular formula is C18H24N6Si3. The van der Waals surface area contributed by atoms with Gasteiger partial charge < -0.3 is 30.1 Å². The third-order valence-electron chi connectivity index (χ3n) is 4.87. The SMILES string of the molecule is N[Si]1(c2ccccc2)N[Si](N)(c2ccccc2)N[Si](N)(c2ccccc2)N1. The zero-order chi connectivity index (χ0) is 19.0. The van der Waals surface area contributed by atoms with Gasteiger partial charge in [-0.2, -0.15) is 0 Å². The molecule has 9 N–H and O–H groups in total. The van der Waals surface area contributed by atoms with E-state index in [0.717, 1.165) is 15.6 Å². The summed E-state index contributed by atoms with van der Waals surface area (Å²) in [5.41, 5.74) is 0. The van der Waals surface area contributed by atoms with Crippen LogP contribution in [0.3, 0.4) is 0 Å². The maximum Gasteiger partial charge on any atom is 0.303 e. The van der Waals surface area contributed by atoms with Gasteiger partial charge in [-0.25, -0.2) is 0 Å². The highest BCUT2D eigenvalue weighted by atomic mass is 28.5. The summed E-state index contributed by atoms with van der Waals surface area (Å²) in [5.74, 6) is 0. The van der Waals surface area contributed by atoms with E-state index < -0.39 is 25.7 Å². The van der Waals surface area contributed by atoms with Gasteiger partial charge in [0.05, 0.1) is 0 Å². The number of nitrogens with one attached hydrogen (secondary N) is 3. The average molecular weight is 409 g/mol. The van der Waals surface area contributed by atoms with Gasteiger partial charge in [0.15, 0.2) is 0 Å². The lowest BCUT2D eigenvalue weighted by Gasteiger charge is -2.51. The molecule has 0 radical (unpaired) electrons. The van der Waals surface area contributed by atoms with E-state index in [1.54, 1.807) is 0 Å². The molecule has 3 aromatic carbocycles. The van der Waals surface area contributed by atoms with E-state index in [1.165, 1.54) is 0 Å². The van der Waals surface area contributed by atoms with Crippen LogP contribution in [-0.2, 0) is 0 Å². The lowest BCUT2D eigenvalue weighted by molar-refractivity contribution is 1.03. The molecule has 1 aliphatic heterocycles. The first-order chi connectivity index (χ1) is 12.9. The van der Waals surface area contributed by atoms with Crippen molar-refractivity contribution >= 4 is 41.2 Å². The standard InChI is InChI=1S/C18H24N6Si3/c19-25(16-10-4-1-5-11-16)22-26(20,17-12-6-2-7-13-17)24-27(21,23-25)18-14-8-3-9-15-18/h1-15,22-24H,19-21H2. The molecule has 138 valence electrons. The minimum atomic E-state index is -2.84. The van der Waals surface area contributed by atoms with Crippen LogP contribution in [0.2, 0.25) is 0 Å². The van der Waals surface area contributed by atoms with Gasteiger partial charge in [0.1, 0.15) is 0 Å². The first kappa shape index (κ1) is 18.4. The van der Waals surface area contributed by atoms with E-state index in [2.05, 4.69) is 13.9 Å². The molecule has 0 bridgehead atoms. The Labute approximate surface area is 162 Å². The van der Waals surface area contributed by atoms with E-state index in [1.807, 2.05) is 91.0 Å². The molecule has 1 saturated heterocycles. The van der Waals surface area contributed by atoms with Crippen LogP contribution in [0.5, 0.6) is 0 Å². The van der Waals surface area contributed by atoms with E-state index in [-0.39, 0.29) is 0 Å². The molecule has 0 saturated carbocycles. The topological polar surface area (TPSA) is 114 Å². The maximum absolute atomic E-state index is 6.99. The Kier molecular flexibility index (Phi) is 4.72. The van der Waals surface area contributed by atoms with Crippen LogP contribution in [0.1, 0.15) is 0 Å². The van der Waals surface area contributed by atoms with Crippen LogP contribution in [0, 0.1) is 0 Å². The van der Waals surface area contributed by atoms with Crippen molar-refractivity contribution in [3.05, 3.63) is 91.0 Å². The first-order valence-electron chi connectivity index (χ1n) is 8.85. The van der Waals surface area contributed by atoms with E-state index >= 15 is 0 Å². The summed E-state index contributed by atoms with van der Waals surface area (Å²) in [6.45, 7) is 0. The fraction of sp³-hybridized carbons (Fsp3) is 0. The Bertz CT molecular complexity index is 782. The van der Waals surface area contributed by atoms with Gasteiger partial charge in [0, 0.05) is 0 Å². The normalized spacial score (nSPS) is 30.8. The second-order valence-electron chi connectivity index (χ2n) is 6.90. The summed E-state index contributed by atoms with van der Waals surface area (Å²) in [6, 6.07) is 30.1. The van der Waals surface area contributed by atoms with Gasteiger partial charge >= 0.3 is 25.7 Å². The molecule has 3 aromatic rings. The smallest absolute Gasteiger partial charge is 0.303 e. The molecule has 0 atom stereocenters. The highest BCUT2D eigenvalue weighted by Crippen LogP contribution is 2.06. The lowest BCUT2D eigenvalue weighted by atomic mass is 10.4. The maximum atomic E-state index is 6.99. The van der Waals surface area contributed by atoms with Crippen molar-refractivity contribution in [2.75, 3.05) is 0 Å². The molecule has 0 spiro atoms. The van der Waals surface area contributed by atoms with Crippen molar-refractivity contribution in [3.8, 4) is 0 Å². The number of hydrogen-bond acceptors (Lipinski definition) is 6. The van der Waals surface area contributed by atoms with E-state index in [9.17, 15) is 0 Å². The fourth-order valence-electron chi connectivity index (χ4n) is 3.56. The summed E-state index contributed by atoms with van der Waals surface area (Å²) in [7, 11) is -8.51. The summed E-state index contributed by atoms with van der Waals surface area (Å²) in [6.07, 6.45) is 0. The predicted molar refractivity (Wildman–Crippen MR) is 117 cm³/mol. The third kappa shape index (κ3) is 3.48. The Balaban J connectivity index is 1.85. The van der Waals surface area contributed by atoms with Crippen LogP contribution >= 0.6 is 0 Å². The van der Waals surface area contributed by atoms with Crippen molar-refractivity contribution in [2.45, 2.75) is 0 Å². The van der Waals surface area contributed by atoms with Crippen molar-refractivity contribution in [2.24, 2.45) is 16.2 Å². The fourth-order valence-corrected chi connectivity index (χ4v) is 19.1. The Morgan fingerprint density at radius 1 is 0.407 bits per heavy atom. The summed E-state index contributed by atoms with van der Waals surface area (Å²) < 4.78 is 10.9. The van der Waals surface area contributed by atoms with E-state index in [4.69, 9.17) is 16.2 Å². The molecule has 1 aliphatic rings. The number of rotatable bonds is 3. The molecule has 9 heteroatoms.